The number of nitrogens with one attached hydrogen (secondary N) is 2. The Balaban J connectivity index is 1.93. The lowest BCUT2D eigenvalue weighted by Crippen LogP contribution is -2.43. The molecule has 0 unspecified atom stereocenters. The van der Waals surface area contributed by atoms with E-state index in [0.717, 1.165) is 6.20 Å². The highest BCUT2D eigenvalue weighted by molar-refractivity contribution is 6.06. The Labute approximate surface area is 152 Å². The molecule has 0 saturated carbocycles. The highest BCUT2D eigenvalue weighted by Crippen LogP contribution is 2.31. The summed E-state index contributed by atoms with van der Waals surface area (Å²) in [6.45, 7) is 3.57. The van der Waals surface area contributed by atoms with Crippen molar-refractivity contribution in [2.45, 2.75) is 13.0 Å². The van der Waals surface area contributed by atoms with Crippen LogP contribution in [0.2, 0.25) is 0 Å². The number of carbonyl (C=O) groups excluding carboxylic acids is 1. The third-order valence-electron chi connectivity index (χ3n) is 4.16. The number of amides is 1. The number of morpholine rings is 1. The van der Waals surface area contributed by atoms with E-state index in [-0.39, 0.29) is 17.4 Å². The Bertz CT molecular complexity index is 897. The van der Waals surface area contributed by atoms with Crippen molar-refractivity contribution in [3.63, 3.8) is 0 Å². The SMILES string of the molecule is C[C@H]1COCCN1c1ccc([N+](=O)[O-])c(NC(=O)c2n[nH]cc2[N+](=O)[O-])c1. The molecule has 2 heterocycles. The quantitative estimate of drug-likeness (QED) is 0.590. The maximum absolute atomic E-state index is 12.4. The van der Waals surface area contributed by atoms with Gasteiger partial charge in [-0.2, -0.15) is 5.10 Å². The molecule has 1 amide bonds. The first-order chi connectivity index (χ1) is 12.9. The van der Waals surface area contributed by atoms with Gasteiger partial charge in [0.2, 0.25) is 5.69 Å². The fraction of sp³-hybridized carbons (Fsp3) is 0.333. The first kappa shape index (κ1) is 18.3. The standard InChI is InChI=1S/C15H16N6O6/c1-9-8-27-5-4-19(9)10-2-3-12(20(23)24)11(6-10)17-15(22)14-13(21(25)26)7-16-18-14/h2-3,6-7,9H,4-5,8H2,1H3,(H,16,18)(H,17,22)/t9-/m0/s1. The summed E-state index contributed by atoms with van der Waals surface area (Å²) < 4.78 is 5.38. The number of hydrogen-bond acceptors (Lipinski definition) is 8. The zero-order valence-electron chi connectivity index (χ0n) is 14.2. The first-order valence-electron chi connectivity index (χ1n) is 8.01. The number of carbonyl (C=O) groups is 1. The third kappa shape index (κ3) is 3.69. The molecular weight excluding hydrogens is 360 g/mol. The number of nitro groups is 2. The summed E-state index contributed by atoms with van der Waals surface area (Å²) in [5.74, 6) is -0.918. The largest absolute Gasteiger partial charge is 0.377 e. The second kappa shape index (κ2) is 7.37. The number of aromatic amines is 1. The number of nitrogens with zero attached hydrogens (tertiary/aromatic N) is 4. The maximum Gasteiger partial charge on any atom is 0.319 e. The average molecular weight is 376 g/mol. The summed E-state index contributed by atoms with van der Waals surface area (Å²) in [6.07, 6.45) is 0.967. The van der Waals surface area contributed by atoms with Crippen molar-refractivity contribution in [2.75, 3.05) is 30.0 Å². The van der Waals surface area contributed by atoms with Crippen molar-refractivity contribution in [3.05, 3.63) is 50.3 Å². The van der Waals surface area contributed by atoms with Crippen LogP contribution in [0.1, 0.15) is 17.4 Å². The van der Waals surface area contributed by atoms with Crippen LogP contribution in [-0.2, 0) is 4.74 Å². The van der Waals surface area contributed by atoms with Gasteiger partial charge in [0.15, 0.2) is 0 Å². The minimum absolute atomic E-state index is 0.0520. The van der Waals surface area contributed by atoms with E-state index in [2.05, 4.69) is 15.5 Å². The molecule has 0 aliphatic carbocycles. The van der Waals surface area contributed by atoms with Gasteiger partial charge in [0.25, 0.3) is 11.6 Å². The Kier molecular flexibility index (Phi) is 4.98. The Hall–Kier alpha value is -3.54. The van der Waals surface area contributed by atoms with Gasteiger partial charge in [0.1, 0.15) is 11.9 Å². The predicted molar refractivity (Wildman–Crippen MR) is 93.9 cm³/mol. The number of nitro benzene ring substituents is 1. The minimum atomic E-state index is -0.918. The molecule has 2 N–H and O–H groups in total. The highest BCUT2D eigenvalue weighted by Gasteiger charge is 2.27. The zero-order valence-corrected chi connectivity index (χ0v) is 14.2. The molecule has 1 aromatic heterocycles. The number of rotatable bonds is 5. The van der Waals surface area contributed by atoms with Gasteiger partial charge in [0.05, 0.1) is 23.1 Å². The van der Waals surface area contributed by atoms with Crippen molar-refractivity contribution in [1.82, 2.24) is 10.2 Å². The van der Waals surface area contributed by atoms with Crippen molar-refractivity contribution in [1.29, 1.82) is 0 Å². The highest BCUT2D eigenvalue weighted by atomic mass is 16.6. The second-order valence-corrected chi connectivity index (χ2v) is 5.91. The third-order valence-corrected chi connectivity index (χ3v) is 4.16. The first-order valence-corrected chi connectivity index (χ1v) is 8.01. The second-order valence-electron chi connectivity index (χ2n) is 5.91. The zero-order chi connectivity index (χ0) is 19.6. The number of aromatic nitrogens is 2. The van der Waals surface area contributed by atoms with Crippen LogP contribution in [0.5, 0.6) is 0 Å². The van der Waals surface area contributed by atoms with Gasteiger partial charge in [-0.1, -0.05) is 0 Å². The summed E-state index contributed by atoms with van der Waals surface area (Å²) >= 11 is 0. The van der Waals surface area contributed by atoms with E-state index in [1.807, 2.05) is 11.8 Å². The molecule has 142 valence electrons. The number of benzene rings is 1. The van der Waals surface area contributed by atoms with Gasteiger partial charge < -0.3 is 15.0 Å². The van der Waals surface area contributed by atoms with Gasteiger partial charge in [0, 0.05) is 24.3 Å². The molecule has 1 atom stereocenters. The van der Waals surface area contributed by atoms with Gasteiger partial charge in [-0.3, -0.25) is 30.1 Å². The van der Waals surface area contributed by atoms with Crippen LogP contribution in [-0.4, -0.2) is 51.8 Å². The van der Waals surface area contributed by atoms with Crippen LogP contribution in [0.4, 0.5) is 22.7 Å². The van der Waals surface area contributed by atoms with Crippen LogP contribution in [0.3, 0.4) is 0 Å². The van der Waals surface area contributed by atoms with Gasteiger partial charge in [-0.25, -0.2) is 0 Å². The van der Waals surface area contributed by atoms with E-state index >= 15 is 0 Å². The minimum Gasteiger partial charge on any atom is -0.377 e. The molecule has 3 rings (SSSR count). The van der Waals surface area contributed by atoms with Crippen molar-refractivity contribution >= 4 is 28.7 Å². The maximum atomic E-state index is 12.4. The molecule has 0 radical (unpaired) electrons. The summed E-state index contributed by atoms with van der Waals surface area (Å²) in [5, 5.41) is 30.4. The Morgan fingerprint density at radius 1 is 1.33 bits per heavy atom. The van der Waals surface area contributed by atoms with E-state index in [0.29, 0.717) is 25.4 Å². The van der Waals surface area contributed by atoms with Gasteiger partial charge in [-0.15, -0.1) is 0 Å². The smallest absolute Gasteiger partial charge is 0.319 e. The monoisotopic (exact) mass is 376 g/mol. The van der Waals surface area contributed by atoms with Crippen molar-refractivity contribution < 1.29 is 19.4 Å². The van der Waals surface area contributed by atoms with E-state index in [4.69, 9.17) is 4.74 Å². The van der Waals surface area contributed by atoms with E-state index < -0.39 is 27.1 Å². The molecule has 0 bridgehead atoms. The van der Waals surface area contributed by atoms with Crippen molar-refractivity contribution in [3.8, 4) is 0 Å². The molecular formula is C15H16N6O6. The topological polar surface area (TPSA) is 157 Å². The lowest BCUT2D eigenvalue weighted by Gasteiger charge is -2.35. The van der Waals surface area contributed by atoms with Crippen LogP contribution in [0, 0.1) is 20.2 Å². The molecule has 2 aromatic rings. The lowest BCUT2D eigenvalue weighted by molar-refractivity contribution is -0.385. The predicted octanol–water partition coefficient (Wildman–Crippen LogP) is 1.70. The number of ether oxygens (including phenoxy) is 1. The molecule has 1 fully saturated rings. The van der Waals surface area contributed by atoms with Gasteiger partial charge in [-0.05, 0) is 19.1 Å². The number of H-pyrrole nitrogens is 1. The lowest BCUT2D eigenvalue weighted by atomic mass is 10.1. The molecule has 12 nitrogen and oxygen atoms in total. The summed E-state index contributed by atoms with van der Waals surface area (Å²) in [7, 11) is 0. The summed E-state index contributed by atoms with van der Waals surface area (Å²) in [6, 6.07) is 4.39. The van der Waals surface area contributed by atoms with Crippen LogP contribution in [0.15, 0.2) is 24.4 Å². The molecule has 1 aliphatic heterocycles. The molecule has 0 spiro atoms. The van der Waals surface area contributed by atoms with Gasteiger partial charge >= 0.3 is 5.69 Å². The Morgan fingerprint density at radius 3 is 2.74 bits per heavy atom. The number of anilines is 2. The van der Waals surface area contributed by atoms with E-state index in [9.17, 15) is 25.0 Å². The summed E-state index contributed by atoms with van der Waals surface area (Å²) in [4.78, 5) is 35.2. The molecule has 1 saturated heterocycles. The molecule has 27 heavy (non-hydrogen) atoms. The van der Waals surface area contributed by atoms with Crippen LogP contribution in [0.25, 0.3) is 0 Å². The average Bonchev–Trinajstić information content (AvgIpc) is 3.12. The summed E-state index contributed by atoms with van der Waals surface area (Å²) in [5.41, 5.74) is -0.708. The fourth-order valence-electron chi connectivity index (χ4n) is 2.84. The molecule has 1 aromatic carbocycles. The normalized spacial score (nSPS) is 16.8. The van der Waals surface area contributed by atoms with E-state index in [1.54, 1.807) is 6.07 Å². The Morgan fingerprint density at radius 2 is 2.07 bits per heavy atom. The van der Waals surface area contributed by atoms with Crippen LogP contribution < -0.4 is 10.2 Å². The van der Waals surface area contributed by atoms with Crippen molar-refractivity contribution in [2.24, 2.45) is 0 Å². The van der Waals surface area contributed by atoms with E-state index in [1.165, 1.54) is 12.1 Å². The fourth-order valence-corrected chi connectivity index (χ4v) is 2.84. The number of hydrogen-bond donors (Lipinski definition) is 2. The van der Waals surface area contributed by atoms with Crippen LogP contribution >= 0.6 is 0 Å². The molecule has 12 heteroatoms. The molecule has 1 aliphatic rings.